The molecule has 0 aliphatic rings. The zero-order chi connectivity index (χ0) is 8.97. The number of nitrogens with one attached hydrogen (secondary N) is 1. The Morgan fingerprint density at radius 2 is 2.17 bits per heavy atom. The van der Waals surface area contributed by atoms with Crippen LogP contribution in [-0.2, 0) is 0 Å². The van der Waals surface area contributed by atoms with Crippen molar-refractivity contribution in [3.05, 3.63) is 30.1 Å². The summed E-state index contributed by atoms with van der Waals surface area (Å²) in [5.74, 6) is 0.596. The minimum atomic E-state index is 0.415. The molecule has 0 bridgehead atoms. The van der Waals surface area contributed by atoms with Crippen LogP contribution in [0.4, 0.5) is 0 Å². The average Bonchev–Trinajstić information content (AvgIpc) is 2.07. The molecule has 1 unspecified atom stereocenters. The molecule has 1 N–H and O–H groups in total. The average molecular weight is 164 g/mol. The number of hydrogen-bond acceptors (Lipinski definition) is 2. The highest BCUT2D eigenvalue weighted by molar-refractivity contribution is 5.14. The second-order valence-corrected chi connectivity index (χ2v) is 3.30. The molecule has 0 amide bonds. The topological polar surface area (TPSA) is 24.9 Å². The summed E-state index contributed by atoms with van der Waals surface area (Å²) in [5.41, 5.74) is 1.26. The van der Waals surface area contributed by atoms with Gasteiger partial charge in [-0.3, -0.25) is 4.98 Å². The van der Waals surface area contributed by atoms with Crippen LogP contribution in [0.5, 0.6) is 0 Å². The number of pyridine rings is 1. The van der Waals surface area contributed by atoms with Gasteiger partial charge in [0.1, 0.15) is 0 Å². The van der Waals surface area contributed by atoms with Crippen molar-refractivity contribution < 1.29 is 0 Å². The Morgan fingerprint density at radius 3 is 2.58 bits per heavy atom. The minimum Gasteiger partial charge on any atom is -0.313 e. The zero-order valence-corrected chi connectivity index (χ0v) is 7.91. The SMILES string of the molecule is CNC(c1cccnc1)C(C)C. The van der Waals surface area contributed by atoms with Crippen LogP contribution < -0.4 is 5.32 Å². The van der Waals surface area contributed by atoms with Crippen LogP contribution in [0, 0.1) is 5.92 Å². The molecule has 1 heterocycles. The van der Waals surface area contributed by atoms with Gasteiger partial charge >= 0.3 is 0 Å². The van der Waals surface area contributed by atoms with E-state index in [1.54, 1.807) is 6.20 Å². The molecule has 0 radical (unpaired) electrons. The molecule has 0 aromatic carbocycles. The highest BCUT2D eigenvalue weighted by Gasteiger charge is 2.12. The molecule has 1 aromatic rings. The van der Waals surface area contributed by atoms with E-state index < -0.39 is 0 Å². The van der Waals surface area contributed by atoms with E-state index >= 15 is 0 Å². The maximum atomic E-state index is 4.10. The maximum absolute atomic E-state index is 4.10. The molecule has 0 aliphatic heterocycles. The molecule has 1 aromatic heterocycles. The van der Waals surface area contributed by atoms with Crippen molar-refractivity contribution in [2.24, 2.45) is 5.92 Å². The predicted octanol–water partition coefficient (Wildman–Crippen LogP) is 2.00. The molecular formula is C10H16N2. The summed E-state index contributed by atoms with van der Waals surface area (Å²) < 4.78 is 0. The maximum Gasteiger partial charge on any atom is 0.0356 e. The van der Waals surface area contributed by atoms with E-state index in [4.69, 9.17) is 0 Å². The summed E-state index contributed by atoms with van der Waals surface area (Å²) >= 11 is 0. The molecule has 0 aliphatic carbocycles. The van der Waals surface area contributed by atoms with Crippen LogP contribution in [0.1, 0.15) is 25.5 Å². The Balaban J connectivity index is 2.80. The van der Waals surface area contributed by atoms with E-state index in [9.17, 15) is 0 Å². The largest absolute Gasteiger partial charge is 0.313 e. The number of hydrogen-bond donors (Lipinski definition) is 1. The quantitative estimate of drug-likeness (QED) is 0.739. The lowest BCUT2D eigenvalue weighted by Gasteiger charge is -2.19. The molecule has 12 heavy (non-hydrogen) atoms. The first kappa shape index (κ1) is 9.20. The Kier molecular flexibility index (Phi) is 3.23. The van der Waals surface area contributed by atoms with Gasteiger partial charge in [-0.1, -0.05) is 19.9 Å². The van der Waals surface area contributed by atoms with Gasteiger partial charge in [-0.25, -0.2) is 0 Å². The lowest BCUT2D eigenvalue weighted by molar-refractivity contribution is 0.442. The second-order valence-electron chi connectivity index (χ2n) is 3.30. The highest BCUT2D eigenvalue weighted by atomic mass is 14.9. The Bertz CT molecular complexity index is 219. The fourth-order valence-corrected chi connectivity index (χ4v) is 1.44. The van der Waals surface area contributed by atoms with Gasteiger partial charge in [-0.05, 0) is 24.6 Å². The van der Waals surface area contributed by atoms with E-state index in [-0.39, 0.29) is 0 Å². The van der Waals surface area contributed by atoms with E-state index in [1.165, 1.54) is 5.56 Å². The van der Waals surface area contributed by atoms with Crippen molar-refractivity contribution in [3.63, 3.8) is 0 Å². The number of rotatable bonds is 3. The molecular weight excluding hydrogens is 148 g/mol. The van der Waals surface area contributed by atoms with Crippen LogP contribution in [0.25, 0.3) is 0 Å². The van der Waals surface area contributed by atoms with Gasteiger partial charge in [0.2, 0.25) is 0 Å². The lowest BCUT2D eigenvalue weighted by atomic mass is 9.98. The fourth-order valence-electron chi connectivity index (χ4n) is 1.44. The van der Waals surface area contributed by atoms with Gasteiger partial charge < -0.3 is 5.32 Å². The minimum absolute atomic E-state index is 0.415. The van der Waals surface area contributed by atoms with Gasteiger partial charge in [0.25, 0.3) is 0 Å². The van der Waals surface area contributed by atoms with Gasteiger partial charge in [0.05, 0.1) is 0 Å². The van der Waals surface area contributed by atoms with Crippen LogP contribution in [-0.4, -0.2) is 12.0 Å². The van der Waals surface area contributed by atoms with Crippen molar-refractivity contribution in [1.82, 2.24) is 10.3 Å². The molecule has 2 heteroatoms. The summed E-state index contributed by atoms with van der Waals surface area (Å²) in [4.78, 5) is 4.10. The summed E-state index contributed by atoms with van der Waals surface area (Å²) in [6.07, 6.45) is 3.72. The molecule has 0 spiro atoms. The summed E-state index contributed by atoms with van der Waals surface area (Å²) in [7, 11) is 1.98. The van der Waals surface area contributed by atoms with Crippen molar-refractivity contribution >= 4 is 0 Å². The Morgan fingerprint density at radius 1 is 1.42 bits per heavy atom. The first-order valence-electron chi connectivity index (χ1n) is 4.33. The first-order valence-corrected chi connectivity index (χ1v) is 4.33. The fraction of sp³-hybridized carbons (Fsp3) is 0.500. The molecule has 0 saturated carbocycles. The van der Waals surface area contributed by atoms with Gasteiger partial charge in [0.15, 0.2) is 0 Å². The van der Waals surface area contributed by atoms with E-state index in [2.05, 4.69) is 30.2 Å². The van der Waals surface area contributed by atoms with E-state index in [0.29, 0.717) is 12.0 Å². The third-order valence-corrected chi connectivity index (χ3v) is 2.02. The summed E-state index contributed by atoms with van der Waals surface area (Å²) in [5, 5.41) is 3.28. The van der Waals surface area contributed by atoms with Gasteiger partial charge in [0, 0.05) is 18.4 Å². The Hall–Kier alpha value is -0.890. The lowest BCUT2D eigenvalue weighted by Crippen LogP contribution is -2.21. The van der Waals surface area contributed by atoms with Crippen molar-refractivity contribution in [3.8, 4) is 0 Å². The highest BCUT2D eigenvalue weighted by Crippen LogP contribution is 2.19. The molecule has 66 valence electrons. The normalized spacial score (nSPS) is 13.3. The van der Waals surface area contributed by atoms with Crippen molar-refractivity contribution in [2.45, 2.75) is 19.9 Å². The monoisotopic (exact) mass is 164 g/mol. The predicted molar refractivity (Wildman–Crippen MR) is 50.9 cm³/mol. The standard InChI is InChI=1S/C10H16N2/c1-8(2)10(11-3)9-5-4-6-12-7-9/h4-8,10-11H,1-3H3. The smallest absolute Gasteiger partial charge is 0.0356 e. The van der Waals surface area contributed by atoms with E-state index in [0.717, 1.165) is 0 Å². The second kappa shape index (κ2) is 4.21. The number of nitrogens with zero attached hydrogens (tertiary/aromatic N) is 1. The van der Waals surface area contributed by atoms with Crippen LogP contribution in [0.3, 0.4) is 0 Å². The zero-order valence-electron chi connectivity index (χ0n) is 7.91. The van der Waals surface area contributed by atoms with Crippen molar-refractivity contribution in [1.29, 1.82) is 0 Å². The Labute approximate surface area is 74.0 Å². The molecule has 0 saturated heterocycles. The number of aromatic nitrogens is 1. The van der Waals surface area contributed by atoms with Crippen LogP contribution in [0.2, 0.25) is 0 Å². The third kappa shape index (κ3) is 2.05. The molecule has 2 nitrogen and oxygen atoms in total. The molecule has 1 atom stereocenters. The van der Waals surface area contributed by atoms with Crippen molar-refractivity contribution in [2.75, 3.05) is 7.05 Å². The summed E-state index contributed by atoms with van der Waals surface area (Å²) in [6.45, 7) is 4.41. The molecule has 1 rings (SSSR count). The van der Waals surface area contributed by atoms with Crippen LogP contribution in [0.15, 0.2) is 24.5 Å². The van der Waals surface area contributed by atoms with E-state index in [1.807, 2.05) is 19.3 Å². The van der Waals surface area contributed by atoms with Crippen LogP contribution >= 0.6 is 0 Å². The van der Waals surface area contributed by atoms with Gasteiger partial charge in [-0.15, -0.1) is 0 Å². The molecule has 0 fully saturated rings. The van der Waals surface area contributed by atoms with Gasteiger partial charge in [-0.2, -0.15) is 0 Å². The summed E-state index contributed by atoms with van der Waals surface area (Å²) in [6, 6.07) is 4.50. The third-order valence-electron chi connectivity index (χ3n) is 2.02. The first-order chi connectivity index (χ1) is 5.75.